The first kappa shape index (κ1) is 13.8. The first-order valence-electron chi connectivity index (χ1n) is 7.61. The normalized spacial score (nSPS) is 24.8. The highest BCUT2D eigenvalue weighted by Crippen LogP contribution is 2.31. The minimum absolute atomic E-state index is 0.186. The van der Waals surface area contributed by atoms with Crippen LogP contribution >= 0.6 is 0 Å². The summed E-state index contributed by atoms with van der Waals surface area (Å²) in [5.74, 6) is 0.765. The predicted octanol–water partition coefficient (Wildman–Crippen LogP) is -0.601. The molecule has 0 aromatic heterocycles. The Morgan fingerprint density at radius 3 is 2.10 bits per heavy atom. The Bertz CT molecular complexity index is 370. The molecule has 20 heavy (non-hydrogen) atoms. The van der Waals surface area contributed by atoms with Gasteiger partial charge in [0.15, 0.2) is 0 Å². The van der Waals surface area contributed by atoms with Crippen molar-refractivity contribution >= 4 is 11.8 Å². The van der Waals surface area contributed by atoms with Gasteiger partial charge in [-0.25, -0.2) is 0 Å². The van der Waals surface area contributed by atoms with Gasteiger partial charge in [0, 0.05) is 45.2 Å². The largest absolute Gasteiger partial charge is 0.379 e. The number of hydrogen-bond donors (Lipinski definition) is 0. The zero-order chi connectivity index (χ0) is 13.9. The number of carbonyl (C=O) groups is 2. The zero-order valence-corrected chi connectivity index (χ0v) is 11.9. The molecule has 2 amide bonds. The Morgan fingerprint density at radius 2 is 1.50 bits per heavy atom. The van der Waals surface area contributed by atoms with Crippen molar-refractivity contribution in [1.82, 2.24) is 14.7 Å². The molecule has 1 aliphatic carbocycles. The highest BCUT2D eigenvalue weighted by atomic mass is 16.5. The van der Waals surface area contributed by atoms with Crippen molar-refractivity contribution in [3.63, 3.8) is 0 Å². The van der Waals surface area contributed by atoms with E-state index < -0.39 is 0 Å². The van der Waals surface area contributed by atoms with E-state index in [1.54, 1.807) is 0 Å². The van der Waals surface area contributed by atoms with Crippen LogP contribution in [0.5, 0.6) is 0 Å². The first-order chi connectivity index (χ1) is 9.74. The van der Waals surface area contributed by atoms with Crippen molar-refractivity contribution in [3.05, 3.63) is 0 Å². The molecule has 2 saturated heterocycles. The van der Waals surface area contributed by atoms with Gasteiger partial charge < -0.3 is 14.5 Å². The van der Waals surface area contributed by atoms with Crippen LogP contribution in [0.25, 0.3) is 0 Å². The highest BCUT2D eigenvalue weighted by molar-refractivity contribution is 5.82. The predicted molar refractivity (Wildman–Crippen MR) is 73.1 cm³/mol. The van der Waals surface area contributed by atoms with E-state index >= 15 is 0 Å². The SMILES string of the molecule is O=C(CN1CCOCC1)N1CCN(C(=O)C2CC2)CC1. The summed E-state index contributed by atoms with van der Waals surface area (Å²) in [5, 5.41) is 0. The van der Waals surface area contributed by atoms with Crippen molar-refractivity contribution in [2.75, 3.05) is 59.0 Å². The van der Waals surface area contributed by atoms with Gasteiger partial charge in [-0.2, -0.15) is 0 Å². The molecule has 1 saturated carbocycles. The van der Waals surface area contributed by atoms with E-state index in [4.69, 9.17) is 4.74 Å². The fraction of sp³-hybridized carbons (Fsp3) is 0.857. The summed E-state index contributed by atoms with van der Waals surface area (Å²) in [6.07, 6.45) is 2.10. The number of rotatable bonds is 3. The van der Waals surface area contributed by atoms with Gasteiger partial charge in [-0.15, -0.1) is 0 Å². The molecule has 6 nitrogen and oxygen atoms in total. The molecule has 0 aromatic rings. The number of carbonyl (C=O) groups excluding carboxylic acids is 2. The van der Waals surface area contributed by atoms with Crippen LogP contribution in [0.3, 0.4) is 0 Å². The van der Waals surface area contributed by atoms with E-state index in [1.807, 2.05) is 9.80 Å². The fourth-order valence-corrected chi connectivity index (χ4v) is 2.82. The van der Waals surface area contributed by atoms with Crippen LogP contribution in [0.1, 0.15) is 12.8 Å². The van der Waals surface area contributed by atoms with Crippen molar-refractivity contribution in [1.29, 1.82) is 0 Å². The number of hydrogen-bond acceptors (Lipinski definition) is 4. The Hall–Kier alpha value is -1.14. The molecule has 0 bridgehead atoms. The highest BCUT2D eigenvalue weighted by Gasteiger charge is 2.35. The maximum atomic E-state index is 12.2. The summed E-state index contributed by atoms with van der Waals surface area (Å²) in [6, 6.07) is 0. The molecular formula is C14H23N3O3. The Labute approximate surface area is 119 Å². The van der Waals surface area contributed by atoms with Gasteiger partial charge in [-0.1, -0.05) is 0 Å². The van der Waals surface area contributed by atoms with Gasteiger partial charge >= 0.3 is 0 Å². The summed E-state index contributed by atoms with van der Waals surface area (Å²) in [4.78, 5) is 30.2. The molecule has 0 spiro atoms. The van der Waals surface area contributed by atoms with Gasteiger partial charge in [-0.05, 0) is 12.8 Å². The number of ether oxygens (including phenoxy) is 1. The van der Waals surface area contributed by atoms with Crippen LogP contribution in [-0.4, -0.2) is 85.5 Å². The Morgan fingerprint density at radius 1 is 0.900 bits per heavy atom. The molecule has 0 N–H and O–H groups in total. The number of nitrogens with zero attached hydrogens (tertiary/aromatic N) is 3. The number of piperazine rings is 1. The Balaban J connectivity index is 1.42. The molecule has 3 fully saturated rings. The molecule has 6 heteroatoms. The Kier molecular flexibility index (Phi) is 4.21. The molecule has 112 valence electrons. The van der Waals surface area contributed by atoms with Crippen LogP contribution < -0.4 is 0 Å². The van der Waals surface area contributed by atoms with Crippen molar-refractivity contribution in [2.24, 2.45) is 5.92 Å². The van der Waals surface area contributed by atoms with Crippen molar-refractivity contribution in [3.8, 4) is 0 Å². The molecule has 0 unspecified atom stereocenters. The van der Waals surface area contributed by atoms with Crippen LogP contribution in [-0.2, 0) is 14.3 Å². The molecule has 2 heterocycles. The second-order valence-corrected chi connectivity index (χ2v) is 5.87. The second kappa shape index (κ2) is 6.10. The van der Waals surface area contributed by atoms with E-state index in [1.165, 1.54) is 0 Å². The number of morpholine rings is 1. The topological polar surface area (TPSA) is 53.1 Å². The summed E-state index contributed by atoms with van der Waals surface area (Å²) < 4.78 is 5.28. The lowest BCUT2D eigenvalue weighted by Gasteiger charge is -2.36. The summed E-state index contributed by atoms with van der Waals surface area (Å²) in [6.45, 7) is 6.36. The lowest BCUT2D eigenvalue weighted by atomic mass is 10.2. The lowest BCUT2D eigenvalue weighted by molar-refractivity contribution is -0.141. The summed E-state index contributed by atoms with van der Waals surface area (Å²) in [5.41, 5.74) is 0. The van der Waals surface area contributed by atoms with E-state index in [2.05, 4.69) is 4.90 Å². The minimum Gasteiger partial charge on any atom is -0.379 e. The fourth-order valence-electron chi connectivity index (χ4n) is 2.82. The van der Waals surface area contributed by atoms with Crippen LogP contribution in [0.2, 0.25) is 0 Å². The average Bonchev–Trinajstić information content (AvgIpc) is 3.32. The van der Waals surface area contributed by atoms with Crippen LogP contribution in [0.4, 0.5) is 0 Å². The lowest BCUT2D eigenvalue weighted by Crippen LogP contribution is -2.53. The molecule has 3 aliphatic rings. The molecule has 0 atom stereocenters. The van der Waals surface area contributed by atoms with Gasteiger partial charge in [-0.3, -0.25) is 14.5 Å². The van der Waals surface area contributed by atoms with Gasteiger partial charge in [0.25, 0.3) is 0 Å². The maximum Gasteiger partial charge on any atom is 0.236 e. The zero-order valence-electron chi connectivity index (χ0n) is 11.9. The summed E-state index contributed by atoms with van der Waals surface area (Å²) >= 11 is 0. The molecule has 2 aliphatic heterocycles. The third-order valence-electron chi connectivity index (χ3n) is 4.33. The van der Waals surface area contributed by atoms with Gasteiger partial charge in [0.05, 0.1) is 19.8 Å². The van der Waals surface area contributed by atoms with Gasteiger partial charge in [0.2, 0.25) is 11.8 Å². The molecule has 3 rings (SSSR count). The first-order valence-corrected chi connectivity index (χ1v) is 7.61. The summed E-state index contributed by atoms with van der Waals surface area (Å²) in [7, 11) is 0. The third-order valence-corrected chi connectivity index (χ3v) is 4.33. The van der Waals surface area contributed by atoms with E-state index in [-0.39, 0.29) is 11.8 Å². The maximum absolute atomic E-state index is 12.2. The minimum atomic E-state index is 0.186. The smallest absolute Gasteiger partial charge is 0.236 e. The van der Waals surface area contributed by atoms with E-state index in [9.17, 15) is 9.59 Å². The van der Waals surface area contributed by atoms with Crippen molar-refractivity contribution < 1.29 is 14.3 Å². The van der Waals surface area contributed by atoms with Gasteiger partial charge in [0.1, 0.15) is 0 Å². The molecular weight excluding hydrogens is 258 g/mol. The van der Waals surface area contributed by atoms with E-state index in [0.29, 0.717) is 38.6 Å². The van der Waals surface area contributed by atoms with Crippen LogP contribution in [0.15, 0.2) is 0 Å². The monoisotopic (exact) mass is 281 g/mol. The molecule has 0 aromatic carbocycles. The standard InChI is InChI=1S/C14H23N3O3/c18-13(11-15-7-9-20-10-8-15)16-3-5-17(6-4-16)14(19)12-1-2-12/h12H,1-11H2. The number of amides is 2. The quantitative estimate of drug-likeness (QED) is 0.693. The van der Waals surface area contributed by atoms with Crippen LogP contribution in [0, 0.1) is 5.92 Å². The van der Waals surface area contributed by atoms with Crippen molar-refractivity contribution in [2.45, 2.75) is 12.8 Å². The van der Waals surface area contributed by atoms with E-state index in [0.717, 1.165) is 39.1 Å². The third kappa shape index (κ3) is 3.30. The average molecular weight is 281 g/mol. The molecule has 0 radical (unpaired) electrons. The second-order valence-electron chi connectivity index (χ2n) is 5.87.